The topological polar surface area (TPSA) is 69.6 Å². The maximum absolute atomic E-state index is 12.5. The molecule has 0 aromatic carbocycles. The molecule has 19 heavy (non-hydrogen) atoms. The third-order valence-electron chi connectivity index (χ3n) is 3.81. The van der Waals surface area contributed by atoms with Crippen LogP contribution in [0, 0.1) is 5.41 Å². The van der Waals surface area contributed by atoms with E-state index >= 15 is 0 Å². The predicted octanol–water partition coefficient (Wildman–Crippen LogP) is 1.49. The van der Waals surface area contributed by atoms with Crippen molar-refractivity contribution in [2.45, 2.75) is 65.5 Å². The van der Waals surface area contributed by atoms with E-state index in [2.05, 4.69) is 4.72 Å². The predicted molar refractivity (Wildman–Crippen MR) is 77.0 cm³/mol. The molecule has 1 rings (SSSR count). The lowest BCUT2D eigenvalue weighted by Gasteiger charge is -2.37. The first-order chi connectivity index (χ1) is 8.68. The van der Waals surface area contributed by atoms with Gasteiger partial charge in [0.1, 0.15) is 0 Å². The molecule has 0 saturated carbocycles. The molecule has 0 spiro atoms. The summed E-state index contributed by atoms with van der Waals surface area (Å²) in [7, 11) is -3.46. The molecule has 1 saturated heterocycles. The zero-order valence-electron chi connectivity index (χ0n) is 12.5. The van der Waals surface area contributed by atoms with E-state index in [-0.39, 0.29) is 24.1 Å². The highest BCUT2D eigenvalue weighted by Gasteiger charge is 2.34. The van der Waals surface area contributed by atoms with E-state index in [9.17, 15) is 8.42 Å². The first-order valence-corrected chi connectivity index (χ1v) is 8.52. The van der Waals surface area contributed by atoms with Gasteiger partial charge in [0, 0.05) is 25.2 Å². The van der Waals surface area contributed by atoms with Crippen molar-refractivity contribution in [3.8, 4) is 0 Å². The van der Waals surface area contributed by atoms with Gasteiger partial charge >= 0.3 is 0 Å². The number of hydrogen-bond acceptors (Lipinski definition) is 3. The minimum Gasteiger partial charge on any atom is -0.396 e. The van der Waals surface area contributed by atoms with Crippen molar-refractivity contribution in [2.75, 3.05) is 13.2 Å². The number of piperidine rings is 1. The maximum Gasteiger partial charge on any atom is 0.279 e. The molecule has 6 heteroatoms. The van der Waals surface area contributed by atoms with E-state index in [0.29, 0.717) is 13.0 Å². The summed E-state index contributed by atoms with van der Waals surface area (Å²) in [5.74, 6) is 0. The Kier molecular flexibility index (Phi) is 5.79. The number of hydrogen-bond donors (Lipinski definition) is 2. The van der Waals surface area contributed by atoms with Crippen LogP contribution in [-0.4, -0.2) is 43.1 Å². The first-order valence-electron chi connectivity index (χ1n) is 7.08. The molecule has 0 aromatic heterocycles. The minimum atomic E-state index is -3.46. The summed E-state index contributed by atoms with van der Waals surface area (Å²) < 4.78 is 29.3. The van der Waals surface area contributed by atoms with E-state index in [1.54, 1.807) is 4.31 Å². The highest BCUT2D eigenvalue weighted by Crippen LogP contribution is 2.25. The Hall–Kier alpha value is -0.170. The van der Waals surface area contributed by atoms with Crippen LogP contribution in [0.1, 0.15) is 53.4 Å². The number of nitrogens with zero attached hydrogens (tertiary/aromatic N) is 1. The van der Waals surface area contributed by atoms with Crippen molar-refractivity contribution < 1.29 is 13.5 Å². The van der Waals surface area contributed by atoms with Gasteiger partial charge in [-0.3, -0.25) is 0 Å². The summed E-state index contributed by atoms with van der Waals surface area (Å²) in [6.45, 7) is 8.48. The average Bonchev–Trinajstić information content (AvgIpc) is 2.27. The molecule has 1 heterocycles. The first kappa shape index (κ1) is 16.9. The Morgan fingerprint density at radius 2 is 2.00 bits per heavy atom. The summed E-state index contributed by atoms with van der Waals surface area (Å²) in [6, 6.07) is -0.197. The van der Waals surface area contributed by atoms with Gasteiger partial charge in [0.25, 0.3) is 10.2 Å². The lowest BCUT2D eigenvalue weighted by molar-refractivity contribution is 0.206. The van der Waals surface area contributed by atoms with Crippen LogP contribution < -0.4 is 4.72 Å². The van der Waals surface area contributed by atoms with Gasteiger partial charge in [0.05, 0.1) is 0 Å². The fraction of sp³-hybridized carbons (Fsp3) is 1.00. The molecule has 1 fully saturated rings. The zero-order chi connectivity index (χ0) is 14.7. The van der Waals surface area contributed by atoms with E-state index in [1.165, 1.54) is 0 Å². The SMILES string of the molecule is CC1CCCCN1S(=O)(=O)NC(CCO)C(C)(C)C. The Labute approximate surface area is 117 Å². The minimum absolute atomic E-state index is 0.0139. The maximum atomic E-state index is 12.5. The van der Waals surface area contributed by atoms with E-state index in [4.69, 9.17) is 5.11 Å². The molecule has 2 unspecified atom stereocenters. The highest BCUT2D eigenvalue weighted by atomic mass is 32.2. The summed E-state index contributed by atoms with van der Waals surface area (Å²) >= 11 is 0. The van der Waals surface area contributed by atoms with Gasteiger partial charge in [-0.15, -0.1) is 0 Å². The van der Waals surface area contributed by atoms with E-state index in [0.717, 1.165) is 19.3 Å². The molecule has 114 valence electrons. The molecule has 5 nitrogen and oxygen atoms in total. The summed E-state index contributed by atoms with van der Waals surface area (Å²) in [5, 5.41) is 9.11. The number of aliphatic hydroxyl groups excluding tert-OH is 1. The second-order valence-corrected chi connectivity index (χ2v) is 8.16. The standard InChI is InChI=1S/C13H28N2O3S/c1-11-7-5-6-9-15(11)19(17,18)14-12(8-10-16)13(2,3)4/h11-12,14,16H,5-10H2,1-4H3. The van der Waals surface area contributed by atoms with Crippen LogP contribution in [0.25, 0.3) is 0 Å². The molecule has 1 aliphatic rings. The van der Waals surface area contributed by atoms with E-state index in [1.807, 2.05) is 27.7 Å². The van der Waals surface area contributed by atoms with Crippen molar-refractivity contribution in [2.24, 2.45) is 5.41 Å². The highest BCUT2D eigenvalue weighted by molar-refractivity contribution is 7.87. The molecule has 0 amide bonds. The summed E-state index contributed by atoms with van der Waals surface area (Å²) in [5.41, 5.74) is -0.213. The van der Waals surface area contributed by atoms with Gasteiger partial charge < -0.3 is 5.11 Å². The second-order valence-electron chi connectivity index (χ2n) is 6.51. The smallest absolute Gasteiger partial charge is 0.279 e. The summed E-state index contributed by atoms with van der Waals surface area (Å²) in [4.78, 5) is 0. The van der Waals surface area contributed by atoms with Gasteiger partial charge in [0.15, 0.2) is 0 Å². The van der Waals surface area contributed by atoms with Gasteiger partial charge in [-0.05, 0) is 31.6 Å². The third-order valence-corrected chi connectivity index (χ3v) is 5.55. The molecule has 2 atom stereocenters. The monoisotopic (exact) mass is 292 g/mol. The fourth-order valence-electron chi connectivity index (χ4n) is 2.47. The van der Waals surface area contributed by atoms with Crippen LogP contribution in [0.2, 0.25) is 0 Å². The van der Waals surface area contributed by atoms with Crippen molar-refractivity contribution in [1.29, 1.82) is 0 Å². The van der Waals surface area contributed by atoms with Crippen LogP contribution in [0.4, 0.5) is 0 Å². The molecular formula is C13H28N2O3S. The van der Waals surface area contributed by atoms with Crippen molar-refractivity contribution in [3.05, 3.63) is 0 Å². The molecular weight excluding hydrogens is 264 g/mol. The summed E-state index contributed by atoms with van der Waals surface area (Å²) in [6.07, 6.45) is 3.37. The van der Waals surface area contributed by atoms with Crippen LogP contribution in [0.5, 0.6) is 0 Å². The third kappa shape index (κ3) is 4.70. The lowest BCUT2D eigenvalue weighted by atomic mass is 9.86. The molecule has 0 radical (unpaired) electrons. The Morgan fingerprint density at radius 1 is 1.37 bits per heavy atom. The number of nitrogens with one attached hydrogen (secondary N) is 1. The molecule has 2 N–H and O–H groups in total. The second kappa shape index (κ2) is 6.52. The Morgan fingerprint density at radius 3 is 2.47 bits per heavy atom. The van der Waals surface area contributed by atoms with Gasteiger partial charge in [-0.1, -0.05) is 27.2 Å². The molecule has 1 aliphatic heterocycles. The quantitative estimate of drug-likeness (QED) is 0.806. The Bertz CT molecular complexity index is 376. The van der Waals surface area contributed by atoms with E-state index < -0.39 is 10.2 Å². The average molecular weight is 292 g/mol. The number of rotatable bonds is 5. The normalized spacial score (nSPS) is 24.4. The number of aliphatic hydroxyl groups is 1. The molecule has 0 bridgehead atoms. The molecule has 0 aliphatic carbocycles. The lowest BCUT2D eigenvalue weighted by Crippen LogP contribution is -2.53. The van der Waals surface area contributed by atoms with Crippen LogP contribution in [0.15, 0.2) is 0 Å². The van der Waals surface area contributed by atoms with Gasteiger partial charge in [0.2, 0.25) is 0 Å². The van der Waals surface area contributed by atoms with Crippen LogP contribution >= 0.6 is 0 Å². The Balaban J connectivity index is 2.81. The van der Waals surface area contributed by atoms with Crippen molar-refractivity contribution >= 4 is 10.2 Å². The van der Waals surface area contributed by atoms with Gasteiger partial charge in [-0.25, -0.2) is 0 Å². The fourth-order valence-corrected chi connectivity index (χ4v) is 4.39. The molecule has 0 aromatic rings. The van der Waals surface area contributed by atoms with Gasteiger partial charge in [-0.2, -0.15) is 17.4 Å². The zero-order valence-corrected chi connectivity index (χ0v) is 13.3. The van der Waals surface area contributed by atoms with Crippen molar-refractivity contribution in [3.63, 3.8) is 0 Å². The van der Waals surface area contributed by atoms with Crippen LogP contribution in [0.3, 0.4) is 0 Å². The largest absolute Gasteiger partial charge is 0.396 e. The van der Waals surface area contributed by atoms with Crippen molar-refractivity contribution in [1.82, 2.24) is 9.03 Å². The van der Waals surface area contributed by atoms with Crippen LogP contribution in [-0.2, 0) is 10.2 Å².